The van der Waals surface area contributed by atoms with Gasteiger partial charge < -0.3 is 15.1 Å². The second-order valence-electron chi connectivity index (χ2n) is 6.99. The number of thiazole rings is 1. The Morgan fingerprint density at radius 1 is 1.16 bits per heavy atom. The van der Waals surface area contributed by atoms with Gasteiger partial charge in [0.2, 0.25) is 0 Å². The highest BCUT2D eigenvalue weighted by Gasteiger charge is 2.25. The fourth-order valence-electron chi connectivity index (χ4n) is 3.41. The van der Waals surface area contributed by atoms with E-state index in [0.717, 1.165) is 51.2 Å². The van der Waals surface area contributed by atoms with Crippen molar-refractivity contribution in [2.45, 2.75) is 32.7 Å². The molecule has 0 atom stereocenters. The lowest BCUT2D eigenvalue weighted by Gasteiger charge is -2.28. The van der Waals surface area contributed by atoms with Crippen molar-refractivity contribution < 1.29 is 14.6 Å². The third kappa shape index (κ3) is 5.49. The molecule has 1 aliphatic heterocycles. The van der Waals surface area contributed by atoms with Gasteiger partial charge in [-0.1, -0.05) is 31.9 Å². The van der Waals surface area contributed by atoms with Crippen molar-refractivity contribution in [3.8, 4) is 0 Å². The first-order valence-electron chi connectivity index (χ1n) is 9.53. The Kier molecular flexibility index (Phi) is 6.78. The van der Waals surface area contributed by atoms with E-state index >= 15 is 0 Å². The Morgan fingerprint density at radius 3 is 2.68 bits per heavy atom. The molecule has 2 heterocycles. The quantitative estimate of drug-likeness (QED) is 0.574. The molecule has 0 saturated carbocycles. The van der Waals surface area contributed by atoms with Crippen LogP contribution in [0.5, 0.6) is 0 Å². The number of carbonyl (C=O) groups excluding carboxylic acids is 1. The molecule has 6 heteroatoms. The monoisotopic (exact) mass is 362 g/mol. The number of nitrogens with zero attached hydrogens (tertiary/aromatic N) is 1. The minimum absolute atomic E-state index is 0.209. The number of piperazine rings is 1. The van der Waals surface area contributed by atoms with E-state index in [0.29, 0.717) is 6.54 Å². The predicted octanol–water partition coefficient (Wildman–Crippen LogP) is -0.114. The predicted molar refractivity (Wildman–Crippen MR) is 102 cm³/mol. The molecule has 1 aromatic carbocycles. The van der Waals surface area contributed by atoms with E-state index in [9.17, 15) is 4.79 Å². The smallest absolute Gasteiger partial charge is 0.275 e. The van der Waals surface area contributed by atoms with Crippen LogP contribution in [0.2, 0.25) is 0 Å². The molecule has 5 nitrogen and oxygen atoms in total. The average molecular weight is 363 g/mol. The molecule has 3 rings (SSSR count). The lowest BCUT2D eigenvalue weighted by atomic mass is 10.2. The molecule has 0 radical (unpaired) electrons. The Labute approximate surface area is 154 Å². The molecule has 2 aromatic rings. The number of para-hydroxylation sites is 1. The summed E-state index contributed by atoms with van der Waals surface area (Å²) in [5, 5.41) is 4.29. The number of nitrogens with one attached hydrogen (secondary N) is 3. The molecule has 0 spiro atoms. The summed E-state index contributed by atoms with van der Waals surface area (Å²) in [4.78, 5) is 19.8. The van der Waals surface area contributed by atoms with Crippen molar-refractivity contribution in [1.29, 1.82) is 0 Å². The minimum atomic E-state index is 0.209. The van der Waals surface area contributed by atoms with Gasteiger partial charge in [-0.15, -0.1) is 11.3 Å². The summed E-state index contributed by atoms with van der Waals surface area (Å²) in [5.41, 5.74) is 1.12. The minimum Gasteiger partial charge on any atom is -0.351 e. The van der Waals surface area contributed by atoms with Crippen molar-refractivity contribution in [3.05, 3.63) is 29.3 Å². The molecule has 1 saturated heterocycles. The van der Waals surface area contributed by atoms with E-state index < -0.39 is 0 Å². The molecule has 1 aliphatic rings. The number of unbranched alkanes of at least 4 members (excludes halogenated alkanes) is 2. The number of hydrogen-bond donors (Lipinski definition) is 3. The first kappa shape index (κ1) is 18.3. The van der Waals surface area contributed by atoms with Crippen LogP contribution in [0.1, 0.15) is 31.2 Å². The third-order valence-electron chi connectivity index (χ3n) is 4.92. The molecular weight excluding hydrogens is 332 g/mol. The normalized spacial score (nSPS) is 20.7. The van der Waals surface area contributed by atoms with Gasteiger partial charge in [0, 0.05) is 6.54 Å². The van der Waals surface area contributed by atoms with Gasteiger partial charge >= 0.3 is 0 Å². The summed E-state index contributed by atoms with van der Waals surface area (Å²) in [6.07, 6.45) is 3.49. The maximum absolute atomic E-state index is 12.0. The largest absolute Gasteiger partial charge is 0.351 e. The van der Waals surface area contributed by atoms with Gasteiger partial charge in [0.05, 0.1) is 10.2 Å². The van der Waals surface area contributed by atoms with E-state index in [1.807, 2.05) is 17.4 Å². The Hall–Kier alpha value is -1.50. The van der Waals surface area contributed by atoms with Gasteiger partial charge in [-0.2, -0.15) is 0 Å². The van der Waals surface area contributed by atoms with E-state index in [2.05, 4.69) is 30.4 Å². The SMILES string of the molecule is CCCCCNC(=O)C[NH+]1CC[NH+](Cc2nc3ccccc3s2)CC1. The lowest BCUT2D eigenvalue weighted by molar-refractivity contribution is -1.02. The van der Waals surface area contributed by atoms with Gasteiger partial charge in [-0.3, -0.25) is 4.79 Å². The van der Waals surface area contributed by atoms with Crippen molar-refractivity contribution in [3.63, 3.8) is 0 Å². The molecule has 0 unspecified atom stereocenters. The van der Waals surface area contributed by atoms with Crippen LogP contribution in [0.15, 0.2) is 24.3 Å². The first-order valence-corrected chi connectivity index (χ1v) is 10.3. The summed E-state index contributed by atoms with van der Waals surface area (Å²) in [6, 6.07) is 8.36. The summed E-state index contributed by atoms with van der Waals surface area (Å²) >= 11 is 1.81. The summed E-state index contributed by atoms with van der Waals surface area (Å²) in [5.74, 6) is 0.209. The van der Waals surface area contributed by atoms with Crippen LogP contribution in [0, 0.1) is 0 Å². The highest BCUT2D eigenvalue weighted by molar-refractivity contribution is 7.18. The fourth-order valence-corrected chi connectivity index (χ4v) is 4.45. The highest BCUT2D eigenvalue weighted by atomic mass is 32.1. The molecule has 25 heavy (non-hydrogen) atoms. The van der Waals surface area contributed by atoms with E-state index in [4.69, 9.17) is 4.98 Å². The van der Waals surface area contributed by atoms with Gasteiger partial charge in [-0.25, -0.2) is 4.98 Å². The van der Waals surface area contributed by atoms with Gasteiger partial charge in [0.25, 0.3) is 5.91 Å². The number of fused-ring (bicyclic) bond motifs is 1. The number of amides is 1. The number of quaternary nitrogens is 2. The number of rotatable bonds is 8. The van der Waals surface area contributed by atoms with Crippen LogP contribution in [0.25, 0.3) is 10.2 Å². The van der Waals surface area contributed by atoms with Crippen LogP contribution in [-0.4, -0.2) is 50.2 Å². The zero-order chi connectivity index (χ0) is 17.5. The Bertz CT molecular complexity index is 646. The van der Waals surface area contributed by atoms with Crippen molar-refractivity contribution >= 4 is 27.5 Å². The summed E-state index contributed by atoms with van der Waals surface area (Å²) in [7, 11) is 0. The van der Waals surface area contributed by atoms with E-state index in [1.54, 1.807) is 4.90 Å². The first-order chi connectivity index (χ1) is 12.2. The van der Waals surface area contributed by atoms with Gasteiger partial charge in [0.1, 0.15) is 37.7 Å². The van der Waals surface area contributed by atoms with Gasteiger partial charge in [-0.05, 0) is 18.6 Å². The topological polar surface area (TPSA) is 50.9 Å². The molecule has 136 valence electrons. The van der Waals surface area contributed by atoms with E-state index in [1.165, 1.54) is 27.4 Å². The number of benzene rings is 1. The highest BCUT2D eigenvalue weighted by Crippen LogP contribution is 2.20. The summed E-state index contributed by atoms with van der Waals surface area (Å²) in [6.45, 7) is 9.03. The molecule has 1 aromatic heterocycles. The third-order valence-corrected chi connectivity index (χ3v) is 5.95. The molecule has 0 aliphatic carbocycles. The van der Waals surface area contributed by atoms with E-state index in [-0.39, 0.29) is 5.91 Å². The number of aromatic nitrogens is 1. The maximum atomic E-state index is 12.0. The zero-order valence-corrected chi connectivity index (χ0v) is 16.0. The van der Waals surface area contributed by atoms with Crippen LogP contribution < -0.4 is 15.1 Å². The maximum Gasteiger partial charge on any atom is 0.275 e. The number of hydrogen-bond acceptors (Lipinski definition) is 3. The molecule has 1 amide bonds. The van der Waals surface area contributed by atoms with Crippen LogP contribution in [-0.2, 0) is 11.3 Å². The van der Waals surface area contributed by atoms with Crippen molar-refractivity contribution in [2.24, 2.45) is 0 Å². The Morgan fingerprint density at radius 2 is 1.92 bits per heavy atom. The molecule has 0 bridgehead atoms. The van der Waals surface area contributed by atoms with Crippen molar-refractivity contribution in [1.82, 2.24) is 10.3 Å². The zero-order valence-electron chi connectivity index (χ0n) is 15.1. The Balaban J connectivity index is 1.39. The van der Waals surface area contributed by atoms with Crippen LogP contribution in [0.4, 0.5) is 0 Å². The average Bonchev–Trinajstić information content (AvgIpc) is 3.03. The molecule has 1 fully saturated rings. The van der Waals surface area contributed by atoms with Crippen molar-refractivity contribution in [2.75, 3.05) is 39.3 Å². The molecule has 3 N–H and O–H groups in total. The molecular formula is C19H30N4OS+2. The lowest BCUT2D eigenvalue weighted by Crippen LogP contribution is -3.28. The standard InChI is InChI=1S/C19H28N4OS/c1-2-3-6-9-20-18(24)14-22-10-12-23(13-11-22)15-19-21-16-7-4-5-8-17(16)25-19/h4-5,7-8H,2-3,6,9-15H2,1H3,(H,20,24)/p+2. The second kappa shape index (κ2) is 9.27. The summed E-state index contributed by atoms with van der Waals surface area (Å²) < 4.78 is 1.28. The van der Waals surface area contributed by atoms with Crippen LogP contribution in [0.3, 0.4) is 0 Å². The van der Waals surface area contributed by atoms with Crippen LogP contribution >= 0.6 is 11.3 Å². The number of carbonyl (C=O) groups is 1. The fraction of sp³-hybridized carbons (Fsp3) is 0.579. The van der Waals surface area contributed by atoms with Gasteiger partial charge in [0.15, 0.2) is 6.54 Å². The second-order valence-corrected chi connectivity index (χ2v) is 8.10.